The minimum Gasteiger partial charge on any atom is -0.366 e. The first-order valence-electron chi connectivity index (χ1n) is 11.3. The first-order valence-corrected chi connectivity index (χ1v) is 13.2. The maximum atomic E-state index is 13.5. The van der Waals surface area contributed by atoms with Gasteiger partial charge in [-0.05, 0) is 52.5 Å². The number of benzene rings is 1. The van der Waals surface area contributed by atoms with Gasteiger partial charge in [-0.1, -0.05) is 18.2 Å². The lowest BCUT2D eigenvalue weighted by atomic mass is 9.96. The second kappa shape index (κ2) is 10.3. The van der Waals surface area contributed by atoms with Crippen molar-refractivity contribution in [3.8, 4) is 0 Å². The van der Waals surface area contributed by atoms with E-state index < -0.39 is 22.7 Å². The second-order valence-corrected chi connectivity index (χ2v) is 10.8. The summed E-state index contributed by atoms with van der Waals surface area (Å²) >= 11 is 3.50. The number of piperidine rings is 1. The maximum absolute atomic E-state index is 13.5. The molecule has 4 heterocycles. The van der Waals surface area contributed by atoms with Crippen molar-refractivity contribution < 1.29 is 17.4 Å². The van der Waals surface area contributed by atoms with Gasteiger partial charge in [0.05, 0.1) is 26.8 Å². The van der Waals surface area contributed by atoms with E-state index in [1.54, 1.807) is 27.4 Å². The maximum Gasteiger partial charge on any atom is 0.417 e. The lowest BCUT2D eigenvalue weighted by Crippen LogP contribution is -2.36. The van der Waals surface area contributed by atoms with E-state index in [1.807, 2.05) is 18.2 Å². The average Bonchev–Trinajstić information content (AvgIpc) is 3.27. The third kappa shape index (κ3) is 5.16. The summed E-state index contributed by atoms with van der Waals surface area (Å²) in [5, 5.41) is 7.78. The first kappa shape index (κ1) is 24.8. The van der Waals surface area contributed by atoms with E-state index in [9.17, 15) is 17.4 Å². The SMILES string of the molecule is O=S(c1ccccc1C(F)(F)F)N1CCCC(c2cc(NCc3cccnc3)n3ncc(Br)c3n2)C1. The molecule has 1 aliphatic rings. The molecule has 12 heteroatoms. The zero-order chi connectivity index (χ0) is 25.3. The van der Waals surface area contributed by atoms with Crippen molar-refractivity contribution in [3.63, 3.8) is 0 Å². The van der Waals surface area contributed by atoms with E-state index in [-0.39, 0.29) is 10.8 Å². The van der Waals surface area contributed by atoms with Crippen LogP contribution in [0.1, 0.15) is 35.6 Å². The average molecular weight is 579 g/mol. The van der Waals surface area contributed by atoms with Crippen LogP contribution in [-0.4, -0.2) is 41.2 Å². The number of hydrogen-bond acceptors (Lipinski definition) is 5. The summed E-state index contributed by atoms with van der Waals surface area (Å²) in [7, 11) is -1.94. The third-order valence-corrected chi connectivity index (χ3v) is 8.15. The largest absolute Gasteiger partial charge is 0.417 e. The monoisotopic (exact) mass is 578 g/mol. The molecule has 7 nitrogen and oxygen atoms in total. The molecule has 0 radical (unpaired) electrons. The quantitative estimate of drug-likeness (QED) is 0.330. The Morgan fingerprint density at radius 3 is 2.78 bits per heavy atom. The zero-order valence-electron chi connectivity index (χ0n) is 19.0. The molecule has 1 saturated heterocycles. The molecule has 1 fully saturated rings. The van der Waals surface area contributed by atoms with Gasteiger partial charge in [0.25, 0.3) is 0 Å². The van der Waals surface area contributed by atoms with Crippen molar-refractivity contribution in [3.05, 3.63) is 82.3 Å². The Morgan fingerprint density at radius 2 is 2.00 bits per heavy atom. The molecule has 188 valence electrons. The fourth-order valence-corrected chi connectivity index (χ4v) is 6.12. The fraction of sp³-hybridized carbons (Fsp3) is 0.292. The van der Waals surface area contributed by atoms with Crippen LogP contribution in [0.25, 0.3) is 5.65 Å². The van der Waals surface area contributed by atoms with Gasteiger partial charge in [-0.25, -0.2) is 13.5 Å². The molecule has 0 aliphatic carbocycles. The van der Waals surface area contributed by atoms with E-state index in [0.717, 1.165) is 34.0 Å². The van der Waals surface area contributed by atoms with Crippen molar-refractivity contribution in [1.29, 1.82) is 0 Å². The molecule has 36 heavy (non-hydrogen) atoms. The molecule has 4 aromatic rings. The molecule has 0 spiro atoms. The first-order chi connectivity index (χ1) is 17.3. The van der Waals surface area contributed by atoms with Crippen LogP contribution in [0.4, 0.5) is 19.0 Å². The number of nitrogens with one attached hydrogen (secondary N) is 1. The van der Waals surface area contributed by atoms with Crippen molar-refractivity contribution in [1.82, 2.24) is 23.9 Å². The third-order valence-electron chi connectivity index (χ3n) is 6.06. The zero-order valence-corrected chi connectivity index (χ0v) is 21.4. The van der Waals surface area contributed by atoms with E-state index >= 15 is 0 Å². The molecular weight excluding hydrogens is 557 g/mol. The summed E-state index contributed by atoms with van der Waals surface area (Å²) in [6.45, 7) is 1.30. The Labute approximate surface area is 216 Å². The Morgan fingerprint density at radius 1 is 1.17 bits per heavy atom. The minimum absolute atomic E-state index is 0.105. The summed E-state index contributed by atoms with van der Waals surface area (Å²) in [6, 6.07) is 10.8. The molecular formula is C24H22BrF3N6OS. The van der Waals surface area contributed by atoms with Crippen LogP contribution in [-0.2, 0) is 23.7 Å². The molecule has 5 rings (SSSR count). The fourth-order valence-electron chi connectivity index (χ4n) is 4.31. The highest BCUT2D eigenvalue weighted by Crippen LogP contribution is 2.36. The number of pyridine rings is 1. The van der Waals surface area contributed by atoms with Gasteiger partial charge < -0.3 is 5.32 Å². The Hall–Kier alpha value is -2.83. The standard InChI is InChI=1S/C24H22BrF3N6OS/c25-19-14-31-34-22(30-13-16-5-3-9-29-12-16)11-20(32-23(19)34)17-6-4-10-33(15-17)36(35)21-8-2-1-7-18(21)24(26,27)28/h1-3,5,7-9,11-12,14,17,30H,4,6,10,13,15H2. The molecule has 3 aromatic heterocycles. The number of fused-ring (bicyclic) bond motifs is 1. The molecule has 1 aromatic carbocycles. The number of hydrogen-bond donors (Lipinski definition) is 1. The molecule has 0 bridgehead atoms. The highest BCUT2D eigenvalue weighted by atomic mass is 79.9. The van der Waals surface area contributed by atoms with Crippen LogP contribution in [0.2, 0.25) is 0 Å². The van der Waals surface area contributed by atoms with Gasteiger partial charge in [0.15, 0.2) is 5.65 Å². The van der Waals surface area contributed by atoms with Crippen molar-refractivity contribution in [2.24, 2.45) is 0 Å². The van der Waals surface area contributed by atoms with Crippen LogP contribution in [0, 0.1) is 0 Å². The van der Waals surface area contributed by atoms with Gasteiger partial charge in [-0.2, -0.15) is 22.8 Å². The number of alkyl halides is 3. The Kier molecular flexibility index (Phi) is 7.09. The topological polar surface area (TPSA) is 75.4 Å². The molecule has 2 atom stereocenters. The number of halogens is 4. The molecule has 2 unspecified atom stereocenters. The minimum atomic E-state index is -4.57. The van der Waals surface area contributed by atoms with Crippen LogP contribution in [0.3, 0.4) is 0 Å². The number of nitrogens with zero attached hydrogens (tertiary/aromatic N) is 5. The highest BCUT2D eigenvalue weighted by molar-refractivity contribution is 9.10. The van der Waals surface area contributed by atoms with Gasteiger partial charge in [0.1, 0.15) is 16.8 Å². The van der Waals surface area contributed by atoms with Gasteiger partial charge in [-0.15, -0.1) is 0 Å². The normalized spacial score (nSPS) is 17.8. The highest BCUT2D eigenvalue weighted by Gasteiger charge is 2.37. The molecule has 0 saturated carbocycles. The summed E-state index contributed by atoms with van der Waals surface area (Å²) in [6.07, 6.45) is 2.05. The van der Waals surface area contributed by atoms with Crippen LogP contribution < -0.4 is 5.32 Å². The van der Waals surface area contributed by atoms with Crippen molar-refractivity contribution >= 4 is 38.4 Å². The van der Waals surface area contributed by atoms with Crippen LogP contribution in [0.15, 0.2) is 70.4 Å². The lowest BCUT2D eigenvalue weighted by molar-refractivity contribution is -0.139. The van der Waals surface area contributed by atoms with E-state index in [2.05, 4.69) is 31.3 Å². The molecule has 0 amide bonds. The Balaban J connectivity index is 1.42. The number of rotatable bonds is 6. The molecule has 1 N–H and O–H groups in total. The van der Waals surface area contributed by atoms with Gasteiger partial charge in [0.2, 0.25) is 0 Å². The van der Waals surface area contributed by atoms with E-state index in [1.165, 1.54) is 18.2 Å². The summed E-state index contributed by atoms with van der Waals surface area (Å²) < 4.78 is 57.9. The van der Waals surface area contributed by atoms with Gasteiger partial charge in [0, 0.05) is 44.0 Å². The van der Waals surface area contributed by atoms with Crippen molar-refractivity contribution in [2.45, 2.75) is 36.4 Å². The van der Waals surface area contributed by atoms with E-state index in [4.69, 9.17) is 4.98 Å². The number of aromatic nitrogens is 4. The van der Waals surface area contributed by atoms with Gasteiger partial charge >= 0.3 is 6.18 Å². The van der Waals surface area contributed by atoms with E-state index in [0.29, 0.717) is 31.7 Å². The lowest BCUT2D eigenvalue weighted by Gasteiger charge is -2.32. The predicted molar refractivity (Wildman–Crippen MR) is 134 cm³/mol. The predicted octanol–water partition coefficient (Wildman–Crippen LogP) is 5.42. The van der Waals surface area contributed by atoms with Gasteiger partial charge in [-0.3, -0.25) is 4.98 Å². The molecule has 1 aliphatic heterocycles. The number of anilines is 1. The Bertz CT molecular complexity index is 1400. The summed E-state index contributed by atoms with van der Waals surface area (Å²) in [5.41, 5.74) is 1.53. The van der Waals surface area contributed by atoms with Crippen molar-refractivity contribution in [2.75, 3.05) is 18.4 Å². The van der Waals surface area contributed by atoms with Crippen LogP contribution >= 0.6 is 15.9 Å². The second-order valence-electron chi connectivity index (χ2n) is 8.48. The smallest absolute Gasteiger partial charge is 0.366 e. The van der Waals surface area contributed by atoms with Crippen LogP contribution in [0.5, 0.6) is 0 Å². The summed E-state index contributed by atoms with van der Waals surface area (Å²) in [5.74, 6) is 0.622. The summed E-state index contributed by atoms with van der Waals surface area (Å²) in [4.78, 5) is 8.72.